The molecule has 2 atom stereocenters. The maximum atomic E-state index is 12.2. The second-order valence-corrected chi connectivity index (χ2v) is 5.32. The zero-order chi connectivity index (χ0) is 14.7. The van der Waals surface area contributed by atoms with Crippen LogP contribution in [-0.2, 0) is 9.59 Å². The summed E-state index contributed by atoms with van der Waals surface area (Å²) in [6.07, 6.45) is 1.93. The Labute approximate surface area is 118 Å². The predicted molar refractivity (Wildman–Crippen MR) is 76.7 cm³/mol. The van der Waals surface area contributed by atoms with Gasteiger partial charge >= 0.3 is 5.97 Å². The summed E-state index contributed by atoms with van der Waals surface area (Å²) in [5.41, 5.74) is 7.12. The van der Waals surface area contributed by atoms with Crippen molar-refractivity contribution >= 4 is 17.6 Å². The Kier molecular flexibility index (Phi) is 4.39. The standard InChI is InChI=1S/C15H20N2O3/c1-10(16)5-4-8-14(18)17-9-12(15(19)20)11-6-2-3-7-13(11)17/h2-3,6-7,10,12H,4-5,8-9,16H2,1H3,(H,19,20). The molecule has 1 aliphatic rings. The predicted octanol–water partition coefficient (Wildman–Crippen LogP) is 1.72. The summed E-state index contributed by atoms with van der Waals surface area (Å²) >= 11 is 0. The van der Waals surface area contributed by atoms with E-state index in [1.165, 1.54) is 0 Å². The lowest BCUT2D eigenvalue weighted by atomic mass is 10.0. The number of carboxylic acids is 1. The minimum absolute atomic E-state index is 0.0261. The Morgan fingerprint density at radius 1 is 1.45 bits per heavy atom. The van der Waals surface area contributed by atoms with Gasteiger partial charge in [0.15, 0.2) is 0 Å². The van der Waals surface area contributed by atoms with E-state index in [-0.39, 0.29) is 18.5 Å². The fraction of sp³-hybridized carbons (Fsp3) is 0.467. The number of hydrogen-bond acceptors (Lipinski definition) is 3. The van der Waals surface area contributed by atoms with Crippen LogP contribution in [-0.4, -0.2) is 29.6 Å². The van der Waals surface area contributed by atoms with E-state index in [1.54, 1.807) is 17.0 Å². The first-order valence-electron chi connectivity index (χ1n) is 6.88. The molecule has 5 heteroatoms. The molecule has 3 N–H and O–H groups in total. The fourth-order valence-corrected chi connectivity index (χ4v) is 2.56. The lowest BCUT2D eigenvalue weighted by molar-refractivity contribution is -0.138. The molecule has 1 aromatic carbocycles. The van der Waals surface area contributed by atoms with Gasteiger partial charge in [-0.2, -0.15) is 0 Å². The van der Waals surface area contributed by atoms with Gasteiger partial charge in [0.25, 0.3) is 0 Å². The largest absolute Gasteiger partial charge is 0.481 e. The third-order valence-corrected chi connectivity index (χ3v) is 3.62. The number of nitrogens with zero attached hydrogens (tertiary/aromatic N) is 1. The highest BCUT2D eigenvalue weighted by atomic mass is 16.4. The molecule has 0 aromatic heterocycles. The molecule has 5 nitrogen and oxygen atoms in total. The number of hydrogen-bond donors (Lipinski definition) is 2. The van der Waals surface area contributed by atoms with Crippen LogP contribution in [0.2, 0.25) is 0 Å². The topological polar surface area (TPSA) is 83.6 Å². The summed E-state index contributed by atoms with van der Waals surface area (Å²) in [4.78, 5) is 25.1. The van der Waals surface area contributed by atoms with E-state index in [4.69, 9.17) is 5.73 Å². The van der Waals surface area contributed by atoms with E-state index in [0.29, 0.717) is 6.42 Å². The molecule has 1 aliphatic heterocycles. The summed E-state index contributed by atoms with van der Waals surface area (Å²) in [5.74, 6) is -1.53. The molecule has 20 heavy (non-hydrogen) atoms. The van der Waals surface area contributed by atoms with Gasteiger partial charge in [0, 0.05) is 24.7 Å². The Balaban J connectivity index is 2.10. The highest BCUT2D eigenvalue weighted by Gasteiger charge is 2.35. The first kappa shape index (κ1) is 14.5. The lowest BCUT2D eigenvalue weighted by Crippen LogP contribution is -2.31. The van der Waals surface area contributed by atoms with Gasteiger partial charge in [-0.25, -0.2) is 0 Å². The van der Waals surface area contributed by atoms with Crippen LogP contribution < -0.4 is 10.6 Å². The summed E-state index contributed by atoms with van der Waals surface area (Å²) in [6.45, 7) is 2.14. The monoisotopic (exact) mass is 276 g/mol. The Hall–Kier alpha value is -1.88. The Morgan fingerprint density at radius 2 is 2.15 bits per heavy atom. The number of fused-ring (bicyclic) bond motifs is 1. The zero-order valence-corrected chi connectivity index (χ0v) is 11.6. The van der Waals surface area contributed by atoms with E-state index < -0.39 is 11.9 Å². The Morgan fingerprint density at radius 3 is 2.80 bits per heavy atom. The number of aliphatic carboxylic acids is 1. The molecule has 0 spiro atoms. The lowest BCUT2D eigenvalue weighted by Gasteiger charge is -2.17. The quantitative estimate of drug-likeness (QED) is 0.857. The van der Waals surface area contributed by atoms with Crippen molar-refractivity contribution in [3.8, 4) is 0 Å². The number of carbonyl (C=O) groups is 2. The molecule has 108 valence electrons. The average Bonchev–Trinajstić information content (AvgIpc) is 2.78. The van der Waals surface area contributed by atoms with Crippen LogP contribution in [0.15, 0.2) is 24.3 Å². The molecule has 1 heterocycles. The van der Waals surface area contributed by atoms with Crippen molar-refractivity contribution in [2.75, 3.05) is 11.4 Å². The van der Waals surface area contributed by atoms with Crippen LogP contribution in [0.25, 0.3) is 0 Å². The molecule has 0 bridgehead atoms. The third kappa shape index (κ3) is 2.99. The van der Waals surface area contributed by atoms with Crippen LogP contribution in [0.4, 0.5) is 5.69 Å². The number of benzene rings is 1. The van der Waals surface area contributed by atoms with Crippen molar-refractivity contribution < 1.29 is 14.7 Å². The van der Waals surface area contributed by atoms with Gasteiger partial charge in [0.2, 0.25) is 5.91 Å². The molecule has 0 aliphatic carbocycles. The van der Waals surface area contributed by atoms with Crippen LogP contribution in [0.1, 0.15) is 37.7 Å². The van der Waals surface area contributed by atoms with Crippen molar-refractivity contribution in [2.24, 2.45) is 5.73 Å². The molecule has 0 fully saturated rings. The molecule has 0 saturated carbocycles. The first-order chi connectivity index (χ1) is 9.50. The van der Waals surface area contributed by atoms with Gasteiger partial charge in [-0.05, 0) is 31.4 Å². The van der Waals surface area contributed by atoms with Crippen molar-refractivity contribution in [1.29, 1.82) is 0 Å². The Bertz CT molecular complexity index is 514. The maximum absolute atomic E-state index is 12.2. The summed E-state index contributed by atoms with van der Waals surface area (Å²) in [7, 11) is 0. The van der Waals surface area contributed by atoms with Crippen molar-refractivity contribution in [2.45, 2.75) is 38.1 Å². The normalized spacial score (nSPS) is 18.7. The molecule has 2 unspecified atom stereocenters. The van der Waals surface area contributed by atoms with Crippen LogP contribution in [0.3, 0.4) is 0 Å². The van der Waals surface area contributed by atoms with E-state index in [9.17, 15) is 14.7 Å². The van der Waals surface area contributed by atoms with Crippen molar-refractivity contribution in [1.82, 2.24) is 0 Å². The molecular weight excluding hydrogens is 256 g/mol. The van der Waals surface area contributed by atoms with Crippen LogP contribution >= 0.6 is 0 Å². The van der Waals surface area contributed by atoms with Crippen LogP contribution in [0.5, 0.6) is 0 Å². The van der Waals surface area contributed by atoms with Gasteiger partial charge in [-0.3, -0.25) is 9.59 Å². The van der Waals surface area contributed by atoms with E-state index in [0.717, 1.165) is 24.1 Å². The van der Waals surface area contributed by atoms with Crippen molar-refractivity contribution in [3.05, 3.63) is 29.8 Å². The minimum atomic E-state index is -0.886. The number of anilines is 1. The first-order valence-corrected chi connectivity index (χ1v) is 6.88. The summed E-state index contributed by atoms with van der Waals surface area (Å²) in [6, 6.07) is 7.30. The molecule has 0 saturated heterocycles. The van der Waals surface area contributed by atoms with E-state index in [2.05, 4.69) is 0 Å². The highest BCUT2D eigenvalue weighted by molar-refractivity contribution is 5.98. The summed E-state index contributed by atoms with van der Waals surface area (Å²) in [5, 5.41) is 9.25. The molecule has 0 radical (unpaired) electrons. The van der Waals surface area contributed by atoms with Gasteiger partial charge < -0.3 is 15.7 Å². The number of carbonyl (C=O) groups excluding carboxylic acids is 1. The molecule has 1 amide bonds. The molecule has 2 rings (SSSR count). The highest BCUT2D eigenvalue weighted by Crippen LogP contribution is 2.36. The van der Waals surface area contributed by atoms with Crippen LogP contribution in [0, 0.1) is 0 Å². The van der Waals surface area contributed by atoms with Gasteiger partial charge in [0.1, 0.15) is 5.92 Å². The number of amides is 1. The second kappa shape index (κ2) is 6.05. The number of para-hydroxylation sites is 1. The van der Waals surface area contributed by atoms with E-state index >= 15 is 0 Å². The fourth-order valence-electron chi connectivity index (χ4n) is 2.56. The number of nitrogens with two attached hydrogens (primary N) is 1. The molecular formula is C15H20N2O3. The third-order valence-electron chi connectivity index (χ3n) is 3.62. The van der Waals surface area contributed by atoms with Gasteiger partial charge in [-0.15, -0.1) is 0 Å². The SMILES string of the molecule is CC(N)CCCC(=O)N1CC(C(=O)O)c2ccccc21. The number of carboxylic acid groups (broad SMARTS) is 1. The summed E-state index contributed by atoms with van der Waals surface area (Å²) < 4.78 is 0. The average molecular weight is 276 g/mol. The smallest absolute Gasteiger partial charge is 0.312 e. The van der Waals surface area contributed by atoms with Gasteiger partial charge in [-0.1, -0.05) is 18.2 Å². The van der Waals surface area contributed by atoms with E-state index in [1.807, 2.05) is 19.1 Å². The second-order valence-electron chi connectivity index (χ2n) is 5.32. The number of rotatable bonds is 5. The van der Waals surface area contributed by atoms with Crippen molar-refractivity contribution in [3.63, 3.8) is 0 Å². The van der Waals surface area contributed by atoms with Gasteiger partial charge in [0.05, 0.1) is 0 Å². The minimum Gasteiger partial charge on any atom is -0.481 e. The maximum Gasteiger partial charge on any atom is 0.312 e. The molecule has 1 aromatic rings. The zero-order valence-electron chi connectivity index (χ0n) is 11.6.